The van der Waals surface area contributed by atoms with Crippen LogP contribution in [0.25, 0.3) is 0 Å². The van der Waals surface area contributed by atoms with Crippen LogP contribution in [0.5, 0.6) is 23.0 Å². The van der Waals surface area contributed by atoms with Crippen molar-refractivity contribution in [3.8, 4) is 23.0 Å². The van der Waals surface area contributed by atoms with Gasteiger partial charge in [-0.1, -0.05) is 42.5 Å². The molecule has 4 aromatic rings. The summed E-state index contributed by atoms with van der Waals surface area (Å²) >= 11 is 0. The predicted molar refractivity (Wildman–Crippen MR) is 115 cm³/mol. The summed E-state index contributed by atoms with van der Waals surface area (Å²) in [7, 11) is 0. The molecule has 30 heavy (non-hydrogen) atoms. The summed E-state index contributed by atoms with van der Waals surface area (Å²) in [6.45, 7) is 0. The van der Waals surface area contributed by atoms with Crippen molar-refractivity contribution in [3.63, 3.8) is 0 Å². The molecule has 0 aliphatic rings. The van der Waals surface area contributed by atoms with Gasteiger partial charge >= 0.3 is 0 Å². The molecule has 0 aromatic heterocycles. The highest BCUT2D eigenvalue weighted by molar-refractivity contribution is 6.09. The third-order valence-corrected chi connectivity index (χ3v) is 4.46. The van der Waals surface area contributed by atoms with Crippen molar-refractivity contribution in [2.45, 2.75) is 0 Å². The standard InChI is InChI=1S/C26H18O4/c27-18-19-6-8-20(9-7-19)26(28)21-10-12-23(13-11-21)30-25-16-14-24(15-17-25)29-22-4-2-1-3-5-22/h1-18H. The Kier molecular flexibility index (Phi) is 5.67. The Bertz CT molecular complexity index is 1130. The molecule has 0 N–H and O–H groups in total. The second-order valence-electron chi connectivity index (χ2n) is 6.58. The van der Waals surface area contributed by atoms with Gasteiger partial charge in [-0.25, -0.2) is 0 Å². The molecule has 0 unspecified atom stereocenters. The second kappa shape index (κ2) is 8.88. The Hall–Kier alpha value is -4.18. The van der Waals surface area contributed by atoms with Crippen LogP contribution in [0.4, 0.5) is 0 Å². The van der Waals surface area contributed by atoms with Crippen molar-refractivity contribution < 1.29 is 19.1 Å². The van der Waals surface area contributed by atoms with Gasteiger partial charge in [0, 0.05) is 16.7 Å². The van der Waals surface area contributed by atoms with Crippen LogP contribution in [0.3, 0.4) is 0 Å². The number of carbonyl (C=O) groups is 2. The van der Waals surface area contributed by atoms with Gasteiger partial charge in [0.25, 0.3) is 0 Å². The van der Waals surface area contributed by atoms with Gasteiger partial charge in [0.2, 0.25) is 0 Å². The lowest BCUT2D eigenvalue weighted by Crippen LogP contribution is -2.01. The molecule has 0 aliphatic heterocycles. The first-order valence-corrected chi connectivity index (χ1v) is 9.42. The van der Waals surface area contributed by atoms with Crippen molar-refractivity contribution in [1.29, 1.82) is 0 Å². The molecule has 0 saturated heterocycles. The lowest BCUT2D eigenvalue weighted by Gasteiger charge is -2.09. The average molecular weight is 394 g/mol. The predicted octanol–water partition coefficient (Wildman–Crippen LogP) is 6.31. The first-order chi connectivity index (χ1) is 14.7. The van der Waals surface area contributed by atoms with Crippen LogP contribution in [0.1, 0.15) is 26.3 Å². The van der Waals surface area contributed by atoms with E-state index in [0.29, 0.717) is 28.2 Å². The zero-order valence-electron chi connectivity index (χ0n) is 16.0. The van der Waals surface area contributed by atoms with Gasteiger partial charge in [0.15, 0.2) is 5.78 Å². The van der Waals surface area contributed by atoms with Gasteiger partial charge in [0.05, 0.1) is 0 Å². The van der Waals surface area contributed by atoms with Crippen LogP contribution in [-0.4, -0.2) is 12.1 Å². The van der Waals surface area contributed by atoms with E-state index < -0.39 is 0 Å². The molecule has 4 rings (SSSR count). The number of para-hydroxylation sites is 1. The lowest BCUT2D eigenvalue weighted by atomic mass is 10.0. The Morgan fingerprint density at radius 1 is 0.533 bits per heavy atom. The highest BCUT2D eigenvalue weighted by Gasteiger charge is 2.09. The maximum absolute atomic E-state index is 12.6. The van der Waals surface area contributed by atoms with Crippen molar-refractivity contribution >= 4 is 12.1 Å². The lowest BCUT2D eigenvalue weighted by molar-refractivity contribution is 0.103. The highest BCUT2D eigenvalue weighted by Crippen LogP contribution is 2.27. The monoisotopic (exact) mass is 394 g/mol. The topological polar surface area (TPSA) is 52.6 Å². The van der Waals surface area contributed by atoms with E-state index >= 15 is 0 Å². The largest absolute Gasteiger partial charge is 0.457 e. The number of ketones is 1. The van der Waals surface area contributed by atoms with Gasteiger partial charge in [-0.05, 0) is 60.7 Å². The number of hydrogen-bond donors (Lipinski definition) is 0. The van der Waals surface area contributed by atoms with Gasteiger partial charge in [-0.15, -0.1) is 0 Å². The normalized spacial score (nSPS) is 10.3. The van der Waals surface area contributed by atoms with Crippen molar-refractivity contribution in [2.75, 3.05) is 0 Å². The summed E-state index contributed by atoms with van der Waals surface area (Å²) in [5, 5.41) is 0. The molecule has 0 spiro atoms. The summed E-state index contributed by atoms with van der Waals surface area (Å²) in [6.07, 6.45) is 0.751. The van der Waals surface area contributed by atoms with E-state index in [1.54, 1.807) is 48.5 Å². The van der Waals surface area contributed by atoms with E-state index in [4.69, 9.17) is 9.47 Å². The van der Waals surface area contributed by atoms with Gasteiger partial charge in [-0.2, -0.15) is 0 Å². The van der Waals surface area contributed by atoms with Crippen molar-refractivity contribution in [2.24, 2.45) is 0 Å². The molecule has 0 fully saturated rings. The van der Waals surface area contributed by atoms with E-state index in [0.717, 1.165) is 17.8 Å². The van der Waals surface area contributed by atoms with E-state index in [1.807, 2.05) is 54.6 Å². The number of carbonyl (C=O) groups excluding carboxylic acids is 2. The third kappa shape index (κ3) is 4.62. The quantitative estimate of drug-likeness (QED) is 0.272. The molecule has 0 radical (unpaired) electrons. The number of hydrogen-bond acceptors (Lipinski definition) is 4. The molecule has 0 atom stereocenters. The Balaban J connectivity index is 1.40. The van der Waals surface area contributed by atoms with E-state index in [9.17, 15) is 9.59 Å². The third-order valence-electron chi connectivity index (χ3n) is 4.46. The summed E-state index contributed by atoms with van der Waals surface area (Å²) in [5.74, 6) is 2.67. The Morgan fingerprint density at radius 3 is 1.40 bits per heavy atom. The van der Waals surface area contributed by atoms with E-state index in [2.05, 4.69) is 0 Å². The number of rotatable bonds is 7. The van der Waals surface area contributed by atoms with Crippen molar-refractivity contribution in [1.82, 2.24) is 0 Å². The molecule has 146 valence electrons. The molecule has 0 aliphatic carbocycles. The van der Waals surface area contributed by atoms with E-state index in [-0.39, 0.29) is 5.78 Å². The molecular formula is C26H18O4. The molecular weight excluding hydrogens is 376 g/mol. The maximum Gasteiger partial charge on any atom is 0.193 e. The minimum Gasteiger partial charge on any atom is -0.457 e. The van der Waals surface area contributed by atoms with Crippen molar-refractivity contribution in [3.05, 3.63) is 120 Å². The van der Waals surface area contributed by atoms with Gasteiger partial charge < -0.3 is 9.47 Å². The molecule has 4 nitrogen and oxygen atoms in total. The first-order valence-electron chi connectivity index (χ1n) is 9.42. The highest BCUT2D eigenvalue weighted by atomic mass is 16.5. The molecule has 0 heterocycles. The fourth-order valence-corrected chi connectivity index (χ4v) is 2.89. The maximum atomic E-state index is 12.6. The minimum atomic E-state index is -0.110. The fraction of sp³-hybridized carbons (Fsp3) is 0. The zero-order valence-corrected chi connectivity index (χ0v) is 16.0. The molecule has 0 bridgehead atoms. The minimum absolute atomic E-state index is 0.110. The SMILES string of the molecule is O=Cc1ccc(C(=O)c2ccc(Oc3ccc(Oc4ccccc4)cc3)cc2)cc1. The summed E-state index contributed by atoms with van der Waals surface area (Å²) in [5.41, 5.74) is 1.62. The number of ether oxygens (including phenoxy) is 2. The van der Waals surface area contributed by atoms with Crippen LogP contribution in [0.2, 0.25) is 0 Å². The van der Waals surface area contributed by atoms with Crippen LogP contribution < -0.4 is 9.47 Å². The Morgan fingerprint density at radius 2 is 0.933 bits per heavy atom. The molecule has 4 aromatic carbocycles. The summed E-state index contributed by atoms with van der Waals surface area (Å²) in [6, 6.07) is 30.4. The average Bonchev–Trinajstić information content (AvgIpc) is 2.81. The van der Waals surface area contributed by atoms with Crippen LogP contribution >= 0.6 is 0 Å². The summed E-state index contributed by atoms with van der Waals surface area (Å²) < 4.78 is 11.6. The van der Waals surface area contributed by atoms with Crippen LogP contribution in [0.15, 0.2) is 103 Å². The van der Waals surface area contributed by atoms with Gasteiger partial charge in [0.1, 0.15) is 29.3 Å². The first kappa shape index (κ1) is 19.2. The second-order valence-corrected chi connectivity index (χ2v) is 6.58. The van der Waals surface area contributed by atoms with Crippen LogP contribution in [0, 0.1) is 0 Å². The molecule has 0 saturated carbocycles. The smallest absolute Gasteiger partial charge is 0.193 e. The fourth-order valence-electron chi connectivity index (χ4n) is 2.89. The van der Waals surface area contributed by atoms with E-state index in [1.165, 1.54) is 0 Å². The molecule has 0 amide bonds. The summed E-state index contributed by atoms with van der Waals surface area (Å²) in [4.78, 5) is 23.3. The van der Waals surface area contributed by atoms with Crippen LogP contribution in [-0.2, 0) is 0 Å². The number of aldehydes is 1. The number of benzene rings is 4. The zero-order chi connectivity index (χ0) is 20.8. The Labute approximate surface area is 174 Å². The van der Waals surface area contributed by atoms with Gasteiger partial charge in [-0.3, -0.25) is 9.59 Å². The molecule has 4 heteroatoms.